The zero-order chi connectivity index (χ0) is 14.4. The Bertz CT molecular complexity index is 556. The molecule has 0 aliphatic rings. The van der Waals surface area contributed by atoms with Gasteiger partial charge in [-0.2, -0.15) is 0 Å². The van der Waals surface area contributed by atoms with Crippen LogP contribution >= 0.6 is 11.8 Å². The van der Waals surface area contributed by atoms with Crippen LogP contribution in [0.25, 0.3) is 0 Å². The molecule has 2 aromatic carbocycles. The molecule has 1 atom stereocenters. The third-order valence-corrected chi connectivity index (χ3v) is 3.92. The molecule has 2 rings (SSSR count). The molecule has 0 saturated carbocycles. The molecule has 20 heavy (non-hydrogen) atoms. The van der Waals surface area contributed by atoms with Crippen molar-refractivity contribution >= 4 is 17.7 Å². The number of carbonyl (C=O) groups is 1. The molecule has 0 heterocycles. The van der Waals surface area contributed by atoms with E-state index in [-0.39, 0.29) is 17.0 Å². The summed E-state index contributed by atoms with van der Waals surface area (Å²) < 4.78 is 12.8. The van der Waals surface area contributed by atoms with Crippen LogP contribution in [0.1, 0.15) is 12.5 Å². The number of benzene rings is 2. The van der Waals surface area contributed by atoms with Crippen LogP contribution in [0.5, 0.6) is 0 Å². The molecule has 0 radical (unpaired) electrons. The first kappa shape index (κ1) is 14.6. The summed E-state index contributed by atoms with van der Waals surface area (Å²) in [6.45, 7) is 2.36. The quantitative estimate of drug-likeness (QED) is 0.852. The van der Waals surface area contributed by atoms with Crippen LogP contribution in [-0.4, -0.2) is 11.2 Å². The van der Waals surface area contributed by atoms with Crippen LogP contribution in [0.15, 0.2) is 59.5 Å². The van der Waals surface area contributed by atoms with Crippen LogP contribution in [0, 0.1) is 5.82 Å². The highest BCUT2D eigenvalue weighted by Gasteiger charge is 2.13. The fourth-order valence-corrected chi connectivity index (χ4v) is 2.59. The number of amides is 1. The van der Waals surface area contributed by atoms with Crippen LogP contribution in [0.4, 0.5) is 4.39 Å². The zero-order valence-electron chi connectivity index (χ0n) is 11.2. The summed E-state index contributed by atoms with van der Waals surface area (Å²) in [5.74, 6) is -0.293. The molecule has 2 nitrogen and oxygen atoms in total. The average molecular weight is 289 g/mol. The number of nitrogens with one attached hydrogen (secondary N) is 1. The second kappa shape index (κ2) is 7.10. The normalized spacial score (nSPS) is 11.9. The Morgan fingerprint density at radius 1 is 1.15 bits per heavy atom. The van der Waals surface area contributed by atoms with E-state index < -0.39 is 0 Å². The van der Waals surface area contributed by atoms with E-state index >= 15 is 0 Å². The maximum absolute atomic E-state index is 12.8. The molecule has 0 spiro atoms. The molecule has 0 fully saturated rings. The highest BCUT2D eigenvalue weighted by atomic mass is 32.2. The van der Waals surface area contributed by atoms with Crippen molar-refractivity contribution < 1.29 is 9.18 Å². The van der Waals surface area contributed by atoms with Gasteiger partial charge in [-0.1, -0.05) is 30.3 Å². The second-order valence-electron chi connectivity index (χ2n) is 4.42. The molecular formula is C16H16FNOS. The van der Waals surface area contributed by atoms with Crippen LogP contribution in [0.2, 0.25) is 0 Å². The molecule has 1 N–H and O–H groups in total. The minimum atomic E-state index is -0.268. The predicted octanol–water partition coefficient (Wildman–Crippen LogP) is 3.62. The molecular weight excluding hydrogens is 273 g/mol. The second-order valence-corrected chi connectivity index (χ2v) is 5.83. The standard InChI is InChI=1S/C16H16FNOS/c1-12(20-15-9-7-14(17)8-10-15)16(19)18-11-13-5-3-2-4-6-13/h2-10,12H,11H2,1H3,(H,18,19). The summed E-state index contributed by atoms with van der Waals surface area (Å²) in [6.07, 6.45) is 0. The Balaban J connectivity index is 1.84. The number of hydrogen-bond acceptors (Lipinski definition) is 2. The Kier molecular flexibility index (Phi) is 5.18. The van der Waals surface area contributed by atoms with Gasteiger partial charge in [0.05, 0.1) is 5.25 Å². The molecule has 0 aliphatic heterocycles. The third-order valence-electron chi connectivity index (χ3n) is 2.81. The van der Waals surface area contributed by atoms with Gasteiger partial charge in [0, 0.05) is 11.4 Å². The van der Waals surface area contributed by atoms with E-state index in [0.29, 0.717) is 6.54 Å². The topological polar surface area (TPSA) is 29.1 Å². The highest BCUT2D eigenvalue weighted by Crippen LogP contribution is 2.23. The maximum Gasteiger partial charge on any atom is 0.233 e. The lowest BCUT2D eigenvalue weighted by Gasteiger charge is -2.12. The van der Waals surface area contributed by atoms with Crippen molar-refractivity contribution in [1.82, 2.24) is 5.32 Å². The van der Waals surface area contributed by atoms with E-state index in [1.807, 2.05) is 37.3 Å². The fraction of sp³-hybridized carbons (Fsp3) is 0.188. The van der Waals surface area contributed by atoms with Crippen LogP contribution in [0.3, 0.4) is 0 Å². The molecule has 0 saturated heterocycles. The van der Waals surface area contributed by atoms with E-state index in [2.05, 4.69) is 5.32 Å². The number of rotatable bonds is 5. The Morgan fingerprint density at radius 3 is 2.45 bits per heavy atom. The molecule has 0 aromatic heterocycles. The van der Waals surface area contributed by atoms with Gasteiger partial charge in [0.25, 0.3) is 0 Å². The van der Waals surface area contributed by atoms with Crippen molar-refractivity contribution in [1.29, 1.82) is 0 Å². The van der Waals surface area contributed by atoms with Gasteiger partial charge in [-0.25, -0.2) is 4.39 Å². The number of hydrogen-bond donors (Lipinski definition) is 1. The van der Waals surface area contributed by atoms with Gasteiger partial charge in [-0.3, -0.25) is 4.79 Å². The molecule has 1 unspecified atom stereocenters. The Labute approximate surface area is 122 Å². The minimum Gasteiger partial charge on any atom is -0.351 e. The molecule has 1 amide bonds. The van der Waals surface area contributed by atoms with Crippen molar-refractivity contribution in [3.63, 3.8) is 0 Å². The highest BCUT2D eigenvalue weighted by molar-refractivity contribution is 8.00. The smallest absolute Gasteiger partial charge is 0.233 e. The summed E-state index contributed by atoms with van der Waals surface area (Å²) in [7, 11) is 0. The van der Waals surface area contributed by atoms with E-state index in [4.69, 9.17) is 0 Å². The van der Waals surface area contributed by atoms with Crippen molar-refractivity contribution in [2.24, 2.45) is 0 Å². The van der Waals surface area contributed by atoms with Crippen molar-refractivity contribution in [3.05, 3.63) is 66.0 Å². The third kappa shape index (κ3) is 4.38. The van der Waals surface area contributed by atoms with Crippen molar-refractivity contribution in [2.75, 3.05) is 0 Å². The Hall–Kier alpha value is -1.81. The summed E-state index contributed by atoms with van der Waals surface area (Å²) in [5, 5.41) is 2.68. The van der Waals surface area contributed by atoms with E-state index in [0.717, 1.165) is 10.5 Å². The largest absolute Gasteiger partial charge is 0.351 e. The van der Waals surface area contributed by atoms with Gasteiger partial charge < -0.3 is 5.32 Å². The SMILES string of the molecule is CC(Sc1ccc(F)cc1)C(=O)NCc1ccccc1. The van der Waals surface area contributed by atoms with Gasteiger partial charge in [0.1, 0.15) is 5.82 Å². The summed E-state index contributed by atoms with van der Waals surface area (Å²) in [6, 6.07) is 15.9. The lowest BCUT2D eigenvalue weighted by atomic mass is 10.2. The minimum absolute atomic E-state index is 0.0248. The van der Waals surface area contributed by atoms with E-state index in [1.165, 1.54) is 23.9 Å². The molecule has 0 bridgehead atoms. The van der Waals surface area contributed by atoms with Gasteiger partial charge in [-0.05, 0) is 36.8 Å². The van der Waals surface area contributed by atoms with Crippen LogP contribution in [-0.2, 0) is 11.3 Å². The lowest BCUT2D eigenvalue weighted by molar-refractivity contribution is -0.120. The summed E-state index contributed by atoms with van der Waals surface area (Å²) >= 11 is 1.42. The van der Waals surface area contributed by atoms with Crippen molar-refractivity contribution in [3.8, 4) is 0 Å². The molecule has 2 aromatic rings. The summed E-state index contributed by atoms with van der Waals surface area (Å²) in [4.78, 5) is 12.9. The fourth-order valence-electron chi connectivity index (χ4n) is 1.70. The first-order valence-corrected chi connectivity index (χ1v) is 7.27. The molecule has 0 aliphatic carbocycles. The predicted molar refractivity (Wildman–Crippen MR) is 80.0 cm³/mol. The van der Waals surface area contributed by atoms with Gasteiger partial charge >= 0.3 is 0 Å². The monoisotopic (exact) mass is 289 g/mol. The molecule has 4 heteroatoms. The first-order chi connectivity index (χ1) is 9.65. The number of carbonyl (C=O) groups excluding carboxylic acids is 1. The average Bonchev–Trinajstić information content (AvgIpc) is 2.48. The van der Waals surface area contributed by atoms with Gasteiger partial charge in [-0.15, -0.1) is 11.8 Å². The summed E-state index contributed by atoms with van der Waals surface area (Å²) in [5.41, 5.74) is 1.07. The lowest BCUT2D eigenvalue weighted by Crippen LogP contribution is -2.30. The van der Waals surface area contributed by atoms with Crippen LogP contribution < -0.4 is 5.32 Å². The zero-order valence-corrected chi connectivity index (χ0v) is 12.0. The first-order valence-electron chi connectivity index (χ1n) is 6.39. The number of thioether (sulfide) groups is 1. The van der Waals surface area contributed by atoms with Crippen molar-refractivity contribution in [2.45, 2.75) is 23.6 Å². The molecule has 104 valence electrons. The number of halogens is 1. The van der Waals surface area contributed by atoms with E-state index in [1.54, 1.807) is 12.1 Å². The van der Waals surface area contributed by atoms with Gasteiger partial charge in [0.2, 0.25) is 5.91 Å². The maximum atomic E-state index is 12.8. The Morgan fingerprint density at radius 2 is 1.80 bits per heavy atom. The van der Waals surface area contributed by atoms with E-state index in [9.17, 15) is 9.18 Å². The van der Waals surface area contributed by atoms with Gasteiger partial charge in [0.15, 0.2) is 0 Å².